The van der Waals surface area contributed by atoms with E-state index in [4.69, 9.17) is 23.2 Å². The highest BCUT2D eigenvalue weighted by Crippen LogP contribution is 2.28. The lowest BCUT2D eigenvalue weighted by atomic mass is 10.0. The van der Waals surface area contributed by atoms with Crippen LogP contribution in [0.3, 0.4) is 0 Å². The molecular weight excluding hydrogens is 625 g/mol. The fourth-order valence-corrected chi connectivity index (χ4v) is 5.63. The van der Waals surface area contributed by atoms with Crippen LogP contribution in [0.1, 0.15) is 24.5 Å². The van der Waals surface area contributed by atoms with Crippen molar-refractivity contribution in [1.29, 1.82) is 0 Å². The Labute approximate surface area is 248 Å². The maximum Gasteiger partial charge on any atom is 0.244 e. The molecule has 11 heteroatoms. The number of hydrogen-bond acceptors (Lipinski definition) is 4. The normalized spacial score (nSPS) is 12.0. The first-order valence-corrected chi connectivity index (χ1v) is 15.7. The Kier molecular flexibility index (Phi) is 11.2. The van der Waals surface area contributed by atoms with Crippen molar-refractivity contribution in [1.82, 2.24) is 10.2 Å². The highest BCUT2D eigenvalue weighted by Gasteiger charge is 2.33. The lowest BCUT2D eigenvalue weighted by Gasteiger charge is -2.34. The summed E-state index contributed by atoms with van der Waals surface area (Å²) in [5, 5.41) is 3.56. The standard InChI is InChI=1S/C28H30BrCl2N3O4S/c1-3-16-32-28(36)26(17-20-8-5-4-6-9-20)33(18-23-24(30)10-7-11-25(23)31)27(35)19-34(39(2,37)38)22-14-12-21(29)13-15-22/h4-15,26H,3,16-19H2,1-2H3,(H,32,36)/t26-/m0/s1. The zero-order chi connectivity index (χ0) is 28.6. The van der Waals surface area contributed by atoms with E-state index in [0.717, 1.165) is 20.6 Å². The van der Waals surface area contributed by atoms with Crippen molar-refractivity contribution in [2.75, 3.05) is 23.7 Å². The molecule has 2 amide bonds. The number of nitrogens with one attached hydrogen (secondary N) is 1. The molecular formula is C28H30BrCl2N3O4S. The number of rotatable bonds is 12. The zero-order valence-corrected chi connectivity index (χ0v) is 25.5. The first-order valence-electron chi connectivity index (χ1n) is 12.3. The summed E-state index contributed by atoms with van der Waals surface area (Å²) in [6.45, 7) is 1.75. The number of halogens is 3. The molecule has 0 aliphatic heterocycles. The fourth-order valence-electron chi connectivity index (χ4n) is 3.99. The quantitative estimate of drug-likeness (QED) is 0.272. The van der Waals surface area contributed by atoms with Crippen LogP contribution in [0.15, 0.2) is 77.3 Å². The maximum atomic E-state index is 14.0. The summed E-state index contributed by atoms with van der Waals surface area (Å²) in [4.78, 5) is 28.9. The van der Waals surface area contributed by atoms with Gasteiger partial charge in [0.2, 0.25) is 21.8 Å². The van der Waals surface area contributed by atoms with Crippen molar-refractivity contribution in [3.63, 3.8) is 0 Å². The Morgan fingerprint density at radius 1 is 0.949 bits per heavy atom. The maximum absolute atomic E-state index is 14.0. The van der Waals surface area contributed by atoms with Crippen molar-refractivity contribution < 1.29 is 18.0 Å². The van der Waals surface area contributed by atoms with Gasteiger partial charge in [0.1, 0.15) is 12.6 Å². The SMILES string of the molecule is CCCNC(=O)[C@H](Cc1ccccc1)N(Cc1c(Cl)cccc1Cl)C(=O)CN(c1ccc(Br)cc1)S(C)(=O)=O. The van der Waals surface area contributed by atoms with Gasteiger partial charge in [0.05, 0.1) is 11.9 Å². The minimum absolute atomic E-state index is 0.0909. The van der Waals surface area contributed by atoms with Gasteiger partial charge in [0.25, 0.3) is 0 Å². The average Bonchev–Trinajstić information content (AvgIpc) is 2.89. The molecule has 0 radical (unpaired) electrons. The van der Waals surface area contributed by atoms with Crippen LogP contribution < -0.4 is 9.62 Å². The molecule has 1 atom stereocenters. The van der Waals surface area contributed by atoms with Gasteiger partial charge in [0, 0.05) is 39.6 Å². The summed E-state index contributed by atoms with van der Waals surface area (Å²) >= 11 is 16.3. The third-order valence-corrected chi connectivity index (χ3v) is 8.38. The molecule has 0 aliphatic carbocycles. The topological polar surface area (TPSA) is 86.8 Å². The summed E-state index contributed by atoms with van der Waals surface area (Å²) < 4.78 is 27.4. The number of benzene rings is 3. The van der Waals surface area contributed by atoms with Gasteiger partial charge >= 0.3 is 0 Å². The predicted molar refractivity (Wildman–Crippen MR) is 161 cm³/mol. The Morgan fingerprint density at radius 3 is 2.13 bits per heavy atom. The molecule has 3 aromatic rings. The highest BCUT2D eigenvalue weighted by molar-refractivity contribution is 9.10. The first kappa shape index (κ1) is 30.9. The van der Waals surface area contributed by atoms with Crippen molar-refractivity contribution in [2.45, 2.75) is 32.4 Å². The van der Waals surface area contributed by atoms with Crippen molar-refractivity contribution in [3.8, 4) is 0 Å². The molecule has 0 bridgehead atoms. The summed E-state index contributed by atoms with van der Waals surface area (Å²) in [5.41, 5.74) is 1.62. The summed E-state index contributed by atoms with van der Waals surface area (Å²) in [5.74, 6) is -0.932. The van der Waals surface area contributed by atoms with Crippen LogP contribution in [0.2, 0.25) is 10.0 Å². The molecule has 7 nitrogen and oxygen atoms in total. The molecule has 1 N–H and O–H groups in total. The summed E-state index contributed by atoms with van der Waals surface area (Å²) in [6, 6.07) is 19.9. The third kappa shape index (κ3) is 8.70. The van der Waals surface area contributed by atoms with E-state index in [1.54, 1.807) is 42.5 Å². The molecule has 3 rings (SSSR count). The van der Waals surface area contributed by atoms with Gasteiger partial charge in [-0.3, -0.25) is 13.9 Å². The van der Waals surface area contributed by atoms with Gasteiger partial charge in [-0.05, 0) is 48.4 Å². The van der Waals surface area contributed by atoms with Gasteiger partial charge in [-0.25, -0.2) is 8.42 Å². The van der Waals surface area contributed by atoms with Crippen LogP contribution in [-0.2, 0) is 32.6 Å². The molecule has 0 aromatic heterocycles. The van der Waals surface area contributed by atoms with Crippen molar-refractivity contribution in [3.05, 3.63) is 98.4 Å². The lowest BCUT2D eigenvalue weighted by Crippen LogP contribution is -2.53. The van der Waals surface area contributed by atoms with Gasteiger partial charge in [-0.1, -0.05) is 82.5 Å². The Bertz CT molecular complexity index is 1370. The van der Waals surface area contributed by atoms with E-state index in [0.29, 0.717) is 34.3 Å². The molecule has 39 heavy (non-hydrogen) atoms. The molecule has 3 aromatic carbocycles. The average molecular weight is 655 g/mol. The Hall–Kier alpha value is -2.59. The number of amides is 2. The molecule has 0 spiro atoms. The van der Waals surface area contributed by atoms with Crippen LogP contribution in [-0.4, -0.2) is 50.5 Å². The minimum atomic E-state index is -3.85. The lowest BCUT2D eigenvalue weighted by molar-refractivity contribution is -0.140. The van der Waals surface area contributed by atoms with E-state index in [9.17, 15) is 18.0 Å². The van der Waals surface area contributed by atoms with E-state index >= 15 is 0 Å². The first-order chi connectivity index (χ1) is 18.5. The fraction of sp³-hybridized carbons (Fsp3) is 0.286. The van der Waals surface area contributed by atoms with Crippen molar-refractivity contribution in [2.24, 2.45) is 0 Å². The van der Waals surface area contributed by atoms with Crippen LogP contribution in [0.4, 0.5) is 5.69 Å². The molecule has 0 heterocycles. The van der Waals surface area contributed by atoms with Gasteiger partial charge in [-0.2, -0.15) is 0 Å². The van der Waals surface area contributed by atoms with Gasteiger partial charge in [-0.15, -0.1) is 0 Å². The number of sulfonamides is 1. The zero-order valence-electron chi connectivity index (χ0n) is 21.6. The minimum Gasteiger partial charge on any atom is -0.354 e. The van der Waals surface area contributed by atoms with E-state index in [1.165, 1.54) is 4.90 Å². The molecule has 208 valence electrons. The van der Waals surface area contributed by atoms with Crippen molar-refractivity contribution >= 4 is 66.7 Å². The second-order valence-electron chi connectivity index (χ2n) is 8.96. The van der Waals surface area contributed by atoms with Gasteiger partial charge in [0.15, 0.2) is 0 Å². The molecule has 0 saturated carbocycles. The van der Waals surface area contributed by atoms with Crippen LogP contribution in [0, 0.1) is 0 Å². The molecule has 0 saturated heterocycles. The second kappa shape index (κ2) is 14.2. The van der Waals surface area contributed by atoms with Crippen LogP contribution in [0.5, 0.6) is 0 Å². The number of anilines is 1. The predicted octanol–water partition coefficient (Wildman–Crippen LogP) is 5.69. The van der Waals surface area contributed by atoms with E-state index < -0.39 is 28.5 Å². The number of hydrogen-bond donors (Lipinski definition) is 1. The van der Waals surface area contributed by atoms with E-state index in [-0.39, 0.29) is 18.9 Å². The highest BCUT2D eigenvalue weighted by atomic mass is 79.9. The number of carbonyl (C=O) groups excluding carboxylic acids is 2. The third-order valence-electron chi connectivity index (χ3n) is 6.00. The van der Waals surface area contributed by atoms with Crippen LogP contribution >= 0.6 is 39.1 Å². The number of carbonyl (C=O) groups is 2. The summed E-state index contributed by atoms with van der Waals surface area (Å²) in [7, 11) is -3.85. The van der Waals surface area contributed by atoms with E-state index in [2.05, 4.69) is 21.2 Å². The monoisotopic (exact) mass is 653 g/mol. The van der Waals surface area contributed by atoms with Crippen LogP contribution in [0.25, 0.3) is 0 Å². The van der Waals surface area contributed by atoms with Gasteiger partial charge < -0.3 is 10.2 Å². The Balaban J connectivity index is 2.08. The second-order valence-corrected chi connectivity index (χ2v) is 12.6. The molecule has 0 fully saturated rings. The largest absolute Gasteiger partial charge is 0.354 e. The van der Waals surface area contributed by atoms with E-state index in [1.807, 2.05) is 37.3 Å². The molecule has 0 aliphatic rings. The number of nitrogens with zero attached hydrogens (tertiary/aromatic N) is 2. The summed E-state index contributed by atoms with van der Waals surface area (Å²) in [6.07, 6.45) is 1.95. The molecule has 0 unspecified atom stereocenters. The smallest absolute Gasteiger partial charge is 0.244 e. The Morgan fingerprint density at radius 2 is 1.56 bits per heavy atom.